The summed E-state index contributed by atoms with van der Waals surface area (Å²) in [4.78, 5) is 15.0. The van der Waals surface area contributed by atoms with Crippen LogP contribution in [0.4, 0.5) is 24.5 Å². The van der Waals surface area contributed by atoms with E-state index in [0.717, 1.165) is 25.6 Å². The summed E-state index contributed by atoms with van der Waals surface area (Å²) in [6, 6.07) is 13.7. The maximum Gasteiger partial charge on any atom is 0.418 e. The zero-order chi connectivity index (χ0) is 21.6. The molecular formula is C22H17F3N2O2S2. The van der Waals surface area contributed by atoms with Gasteiger partial charge in [-0.25, -0.2) is 0 Å². The fraction of sp³-hybridized carbons (Fsp3) is 0.227. The van der Waals surface area contributed by atoms with Crippen molar-refractivity contribution in [1.29, 1.82) is 0 Å². The molecule has 0 radical (unpaired) electrons. The number of thiophene rings is 2. The number of alkyl halides is 3. The van der Waals surface area contributed by atoms with E-state index in [1.54, 1.807) is 23.5 Å². The first-order valence-electron chi connectivity index (χ1n) is 9.66. The second-order valence-electron chi connectivity index (χ2n) is 7.18. The molecule has 4 nitrogen and oxygen atoms in total. The Morgan fingerprint density at radius 3 is 2.55 bits per heavy atom. The minimum Gasteiger partial charge on any atom is -0.378 e. The van der Waals surface area contributed by atoms with E-state index in [2.05, 4.69) is 5.32 Å². The number of benzene rings is 2. The van der Waals surface area contributed by atoms with Gasteiger partial charge in [-0.1, -0.05) is 18.2 Å². The Hall–Kier alpha value is -2.62. The zero-order valence-electron chi connectivity index (χ0n) is 16.2. The van der Waals surface area contributed by atoms with Crippen LogP contribution in [0, 0.1) is 0 Å². The number of halogens is 3. The summed E-state index contributed by atoms with van der Waals surface area (Å²) in [5.41, 5.74) is -0.624. The second-order valence-corrected chi connectivity index (χ2v) is 9.32. The van der Waals surface area contributed by atoms with Gasteiger partial charge in [0.1, 0.15) is 0 Å². The van der Waals surface area contributed by atoms with Crippen molar-refractivity contribution in [2.24, 2.45) is 0 Å². The number of nitrogens with one attached hydrogen (secondary N) is 1. The summed E-state index contributed by atoms with van der Waals surface area (Å²) in [7, 11) is 0. The molecule has 9 heteroatoms. The minimum absolute atomic E-state index is 0.240. The predicted molar refractivity (Wildman–Crippen MR) is 120 cm³/mol. The number of fused-ring (bicyclic) bond motifs is 3. The average molecular weight is 463 g/mol. The summed E-state index contributed by atoms with van der Waals surface area (Å²) in [5.74, 6) is -0.540. The third-order valence-corrected chi connectivity index (χ3v) is 7.62. The van der Waals surface area contributed by atoms with Crippen molar-refractivity contribution in [2.45, 2.75) is 6.18 Å². The lowest BCUT2D eigenvalue weighted by Crippen LogP contribution is -2.36. The number of carbonyl (C=O) groups excluding carboxylic acids is 1. The van der Waals surface area contributed by atoms with Gasteiger partial charge in [-0.2, -0.15) is 13.2 Å². The first-order chi connectivity index (χ1) is 14.9. The van der Waals surface area contributed by atoms with Crippen molar-refractivity contribution in [1.82, 2.24) is 0 Å². The van der Waals surface area contributed by atoms with Gasteiger partial charge in [-0.15, -0.1) is 22.7 Å². The Balaban J connectivity index is 1.45. The molecule has 0 unspecified atom stereocenters. The van der Waals surface area contributed by atoms with E-state index < -0.39 is 17.6 Å². The fourth-order valence-electron chi connectivity index (χ4n) is 3.69. The molecule has 3 heterocycles. The van der Waals surface area contributed by atoms with Gasteiger partial charge in [0.25, 0.3) is 5.91 Å². The van der Waals surface area contributed by atoms with Gasteiger partial charge >= 0.3 is 6.18 Å². The minimum atomic E-state index is -4.59. The van der Waals surface area contributed by atoms with Crippen LogP contribution in [0.3, 0.4) is 0 Å². The van der Waals surface area contributed by atoms with Crippen molar-refractivity contribution in [3.8, 4) is 0 Å². The maximum absolute atomic E-state index is 13.8. The van der Waals surface area contributed by atoms with Crippen LogP contribution in [0.5, 0.6) is 0 Å². The largest absolute Gasteiger partial charge is 0.418 e. The van der Waals surface area contributed by atoms with Gasteiger partial charge in [-0.05, 0) is 30.3 Å². The number of rotatable bonds is 3. The highest BCUT2D eigenvalue weighted by molar-refractivity contribution is 7.33. The summed E-state index contributed by atoms with van der Waals surface area (Å²) in [5, 5.41) is 3.53. The molecule has 1 fully saturated rings. The average Bonchev–Trinajstić information content (AvgIpc) is 3.32. The van der Waals surface area contributed by atoms with E-state index in [0.29, 0.717) is 36.9 Å². The maximum atomic E-state index is 13.8. The van der Waals surface area contributed by atoms with Crippen LogP contribution in [-0.2, 0) is 10.9 Å². The molecule has 0 atom stereocenters. The van der Waals surface area contributed by atoms with Crippen LogP contribution >= 0.6 is 22.7 Å². The molecule has 4 aromatic rings. The molecule has 1 N–H and O–H groups in total. The van der Waals surface area contributed by atoms with E-state index in [1.807, 2.05) is 29.2 Å². The smallest absolute Gasteiger partial charge is 0.378 e. The number of hydrogen-bond donors (Lipinski definition) is 1. The molecule has 1 aliphatic heterocycles. The quantitative estimate of drug-likeness (QED) is 0.393. The molecular weight excluding hydrogens is 445 g/mol. The summed E-state index contributed by atoms with van der Waals surface area (Å²) < 4.78 is 49.6. The Kier molecular flexibility index (Phi) is 5.11. The van der Waals surface area contributed by atoms with E-state index >= 15 is 0 Å². The molecule has 1 amide bonds. The van der Waals surface area contributed by atoms with E-state index in [9.17, 15) is 18.0 Å². The Morgan fingerprint density at radius 1 is 1.00 bits per heavy atom. The molecule has 0 aliphatic carbocycles. The van der Waals surface area contributed by atoms with Crippen molar-refractivity contribution < 1.29 is 22.7 Å². The molecule has 160 valence electrons. The van der Waals surface area contributed by atoms with Crippen LogP contribution in [0.1, 0.15) is 15.2 Å². The summed E-state index contributed by atoms with van der Waals surface area (Å²) >= 11 is 2.86. The number of ether oxygens (including phenoxy) is 1. The third-order valence-electron chi connectivity index (χ3n) is 5.21. The molecule has 0 saturated carbocycles. The molecule has 2 aromatic heterocycles. The SMILES string of the molecule is O=C(Nc1ccc(N2CCOCC2)cc1C(F)(F)F)c1cc2sc3ccccc3c2s1. The van der Waals surface area contributed by atoms with Gasteiger partial charge in [0.05, 0.1) is 34.0 Å². The molecule has 2 aromatic carbocycles. The molecule has 1 aliphatic rings. The summed E-state index contributed by atoms with van der Waals surface area (Å²) in [6.45, 7) is 2.01. The lowest BCUT2D eigenvalue weighted by atomic mass is 10.1. The van der Waals surface area contributed by atoms with E-state index in [-0.39, 0.29) is 5.69 Å². The second kappa shape index (κ2) is 7.81. The molecule has 0 bridgehead atoms. The van der Waals surface area contributed by atoms with Crippen LogP contribution in [0.25, 0.3) is 19.5 Å². The standard InChI is InChI=1S/C22H17F3N2O2S2/c23-22(24,25)15-11-13(27-7-9-29-10-8-27)5-6-16(15)26-21(28)19-12-18-20(31-19)14-3-1-2-4-17(14)30-18/h1-6,11-12H,7-10H2,(H,26,28). The number of carbonyl (C=O) groups is 1. The lowest BCUT2D eigenvalue weighted by Gasteiger charge is -2.29. The van der Waals surface area contributed by atoms with Crippen molar-refractivity contribution >= 4 is 59.4 Å². The Labute approximate surface area is 183 Å². The van der Waals surface area contributed by atoms with Crippen LogP contribution in [-0.4, -0.2) is 32.2 Å². The molecule has 31 heavy (non-hydrogen) atoms. The number of morpholine rings is 1. The van der Waals surface area contributed by atoms with Gasteiger partial charge in [0.15, 0.2) is 0 Å². The van der Waals surface area contributed by atoms with Crippen LogP contribution < -0.4 is 10.2 Å². The molecule has 0 spiro atoms. The fourth-order valence-corrected chi connectivity index (χ4v) is 6.11. The van der Waals surface area contributed by atoms with Crippen LogP contribution in [0.15, 0.2) is 48.5 Å². The number of anilines is 2. The lowest BCUT2D eigenvalue weighted by molar-refractivity contribution is -0.136. The number of nitrogens with zero attached hydrogens (tertiary/aromatic N) is 1. The highest BCUT2D eigenvalue weighted by Crippen LogP contribution is 2.41. The van der Waals surface area contributed by atoms with E-state index in [1.165, 1.54) is 17.4 Å². The Morgan fingerprint density at radius 2 is 1.77 bits per heavy atom. The number of hydrogen-bond acceptors (Lipinski definition) is 5. The predicted octanol–water partition coefficient (Wildman–Crippen LogP) is 6.22. The first-order valence-corrected chi connectivity index (χ1v) is 11.3. The topological polar surface area (TPSA) is 41.6 Å². The van der Waals surface area contributed by atoms with Crippen LogP contribution in [0.2, 0.25) is 0 Å². The van der Waals surface area contributed by atoms with Gasteiger partial charge in [0, 0.05) is 33.6 Å². The zero-order valence-corrected chi connectivity index (χ0v) is 17.8. The van der Waals surface area contributed by atoms with Crippen molar-refractivity contribution in [3.63, 3.8) is 0 Å². The van der Waals surface area contributed by atoms with Gasteiger partial charge in [0.2, 0.25) is 0 Å². The van der Waals surface area contributed by atoms with E-state index in [4.69, 9.17) is 4.74 Å². The molecule has 5 rings (SSSR count). The monoisotopic (exact) mass is 462 g/mol. The number of amides is 1. The normalized spacial score (nSPS) is 15.0. The summed E-state index contributed by atoms with van der Waals surface area (Å²) in [6.07, 6.45) is -4.59. The van der Waals surface area contributed by atoms with Crippen molar-refractivity contribution in [3.05, 3.63) is 59.0 Å². The highest BCUT2D eigenvalue weighted by Gasteiger charge is 2.35. The third kappa shape index (κ3) is 3.88. The van der Waals surface area contributed by atoms with Gasteiger partial charge in [-0.3, -0.25) is 4.79 Å². The Bertz CT molecular complexity index is 1270. The first kappa shape index (κ1) is 20.3. The highest BCUT2D eigenvalue weighted by atomic mass is 32.1. The van der Waals surface area contributed by atoms with Crippen molar-refractivity contribution in [2.75, 3.05) is 36.5 Å². The molecule has 1 saturated heterocycles. The van der Waals surface area contributed by atoms with Gasteiger partial charge < -0.3 is 15.0 Å².